The zero-order chi connectivity index (χ0) is 8.91. The van der Waals surface area contributed by atoms with E-state index in [1.807, 2.05) is 6.92 Å². The monoisotopic (exact) mass is 172 g/mol. The van der Waals surface area contributed by atoms with E-state index in [9.17, 15) is 0 Å². The van der Waals surface area contributed by atoms with Crippen molar-refractivity contribution >= 4 is 8.07 Å². The molecule has 0 saturated carbocycles. The van der Waals surface area contributed by atoms with Crippen LogP contribution >= 0.6 is 0 Å². The average Bonchev–Trinajstić information content (AvgIpc) is 1.88. The van der Waals surface area contributed by atoms with Gasteiger partial charge < -0.3 is 4.74 Å². The fourth-order valence-electron chi connectivity index (χ4n) is 0.862. The fraction of sp³-hybridized carbons (Fsp3) is 0.778. The van der Waals surface area contributed by atoms with Crippen LogP contribution in [-0.4, -0.2) is 15.2 Å². The Kier molecular flexibility index (Phi) is 4.50. The summed E-state index contributed by atoms with van der Waals surface area (Å²) in [5, 5.41) is 0. The molecule has 0 amide bonds. The zero-order valence-corrected chi connectivity index (χ0v) is 9.40. The van der Waals surface area contributed by atoms with Gasteiger partial charge in [-0.2, -0.15) is 0 Å². The Morgan fingerprint density at radius 1 is 1.36 bits per heavy atom. The van der Waals surface area contributed by atoms with Crippen molar-refractivity contribution in [1.29, 1.82) is 0 Å². The van der Waals surface area contributed by atoms with E-state index >= 15 is 0 Å². The summed E-state index contributed by atoms with van der Waals surface area (Å²) in [5.41, 5.74) is 0. The molecule has 0 aromatic carbocycles. The number of rotatable bonds is 4. The molecular formula is C9H20OSi. The summed E-state index contributed by atoms with van der Waals surface area (Å²) in [5.74, 6) is 1.13. The summed E-state index contributed by atoms with van der Waals surface area (Å²) < 4.78 is 5.18. The predicted molar refractivity (Wildman–Crippen MR) is 53.5 cm³/mol. The normalized spacial score (nSPS) is 13.4. The highest BCUT2D eigenvalue weighted by atomic mass is 28.3. The van der Waals surface area contributed by atoms with Gasteiger partial charge in [-0.05, 0) is 13.0 Å². The van der Waals surface area contributed by atoms with Gasteiger partial charge in [0.1, 0.15) is 0 Å². The second kappa shape index (κ2) is 4.60. The first-order chi connectivity index (χ1) is 4.99. The van der Waals surface area contributed by atoms with Crippen molar-refractivity contribution in [3.63, 3.8) is 0 Å². The standard InChI is InChI=1S/C9H20OSi/c1-6-9(10-2)7-8-11(3,4)5/h6H,7-8H2,1-5H3/b9-6+. The van der Waals surface area contributed by atoms with E-state index < -0.39 is 8.07 Å². The maximum atomic E-state index is 5.18. The molecule has 11 heavy (non-hydrogen) atoms. The highest BCUT2D eigenvalue weighted by Crippen LogP contribution is 2.15. The molecule has 66 valence electrons. The van der Waals surface area contributed by atoms with Crippen molar-refractivity contribution in [1.82, 2.24) is 0 Å². The Balaban J connectivity index is 3.70. The van der Waals surface area contributed by atoms with Gasteiger partial charge in [0.15, 0.2) is 0 Å². The van der Waals surface area contributed by atoms with Crippen LogP contribution in [-0.2, 0) is 4.74 Å². The summed E-state index contributed by atoms with van der Waals surface area (Å²) in [6.07, 6.45) is 3.17. The van der Waals surface area contributed by atoms with Crippen LogP contribution in [0.2, 0.25) is 25.7 Å². The van der Waals surface area contributed by atoms with E-state index in [2.05, 4.69) is 25.7 Å². The molecule has 0 N–H and O–H groups in total. The van der Waals surface area contributed by atoms with Gasteiger partial charge in [0.25, 0.3) is 0 Å². The lowest BCUT2D eigenvalue weighted by Gasteiger charge is -2.15. The maximum Gasteiger partial charge on any atom is 0.0910 e. The van der Waals surface area contributed by atoms with Gasteiger partial charge in [0.2, 0.25) is 0 Å². The molecule has 0 bridgehead atoms. The number of allylic oxidation sites excluding steroid dienone is 2. The van der Waals surface area contributed by atoms with Crippen LogP contribution in [0.1, 0.15) is 13.3 Å². The fourth-order valence-corrected chi connectivity index (χ4v) is 1.86. The molecule has 0 unspecified atom stereocenters. The van der Waals surface area contributed by atoms with E-state index in [-0.39, 0.29) is 0 Å². The molecule has 0 aromatic heterocycles. The molecule has 0 atom stereocenters. The van der Waals surface area contributed by atoms with Gasteiger partial charge >= 0.3 is 0 Å². The van der Waals surface area contributed by atoms with Gasteiger partial charge in [0.05, 0.1) is 12.9 Å². The van der Waals surface area contributed by atoms with Crippen LogP contribution in [0.5, 0.6) is 0 Å². The average molecular weight is 172 g/mol. The number of methoxy groups -OCH3 is 1. The minimum atomic E-state index is -0.873. The molecule has 1 nitrogen and oxygen atoms in total. The van der Waals surface area contributed by atoms with E-state index in [4.69, 9.17) is 4.74 Å². The minimum absolute atomic E-state index is 0.873. The van der Waals surface area contributed by atoms with Gasteiger partial charge in [-0.15, -0.1) is 0 Å². The predicted octanol–water partition coefficient (Wildman–Crippen LogP) is 3.26. The molecule has 0 spiro atoms. The molecular weight excluding hydrogens is 152 g/mol. The van der Waals surface area contributed by atoms with Crippen molar-refractivity contribution < 1.29 is 4.74 Å². The van der Waals surface area contributed by atoms with Crippen LogP contribution < -0.4 is 0 Å². The second-order valence-electron chi connectivity index (χ2n) is 4.02. The Morgan fingerprint density at radius 3 is 2.18 bits per heavy atom. The van der Waals surface area contributed by atoms with Crippen LogP contribution in [0.25, 0.3) is 0 Å². The second-order valence-corrected chi connectivity index (χ2v) is 9.64. The largest absolute Gasteiger partial charge is 0.501 e. The van der Waals surface area contributed by atoms with Crippen LogP contribution in [0, 0.1) is 0 Å². The topological polar surface area (TPSA) is 9.23 Å². The Hall–Kier alpha value is -0.243. The summed E-state index contributed by atoms with van der Waals surface area (Å²) in [4.78, 5) is 0. The summed E-state index contributed by atoms with van der Waals surface area (Å²) in [6.45, 7) is 9.19. The third-order valence-electron chi connectivity index (χ3n) is 1.71. The molecule has 0 rings (SSSR count). The first-order valence-electron chi connectivity index (χ1n) is 4.19. The molecule has 0 saturated heterocycles. The van der Waals surface area contributed by atoms with Crippen molar-refractivity contribution in [3.8, 4) is 0 Å². The van der Waals surface area contributed by atoms with Gasteiger partial charge in [-0.1, -0.05) is 25.7 Å². The highest BCUT2D eigenvalue weighted by Gasteiger charge is 2.12. The molecule has 0 heterocycles. The lowest BCUT2D eigenvalue weighted by molar-refractivity contribution is 0.279. The van der Waals surface area contributed by atoms with Crippen molar-refractivity contribution in [2.24, 2.45) is 0 Å². The summed E-state index contributed by atoms with van der Waals surface area (Å²) in [6, 6.07) is 1.32. The lowest BCUT2D eigenvalue weighted by atomic mass is 10.4. The smallest absolute Gasteiger partial charge is 0.0910 e. The van der Waals surface area contributed by atoms with Gasteiger partial charge in [0, 0.05) is 14.5 Å². The van der Waals surface area contributed by atoms with Crippen molar-refractivity contribution in [2.45, 2.75) is 39.0 Å². The number of hydrogen-bond donors (Lipinski definition) is 0. The molecule has 0 radical (unpaired) electrons. The minimum Gasteiger partial charge on any atom is -0.501 e. The Morgan fingerprint density at radius 2 is 1.91 bits per heavy atom. The van der Waals surface area contributed by atoms with Crippen LogP contribution in [0.15, 0.2) is 11.8 Å². The molecule has 0 aliphatic carbocycles. The maximum absolute atomic E-state index is 5.18. The molecule has 0 aliphatic heterocycles. The summed E-state index contributed by atoms with van der Waals surface area (Å²) >= 11 is 0. The van der Waals surface area contributed by atoms with E-state index in [1.165, 1.54) is 6.04 Å². The first-order valence-corrected chi connectivity index (χ1v) is 7.89. The summed E-state index contributed by atoms with van der Waals surface area (Å²) in [7, 11) is 0.876. The van der Waals surface area contributed by atoms with Crippen molar-refractivity contribution in [2.75, 3.05) is 7.11 Å². The van der Waals surface area contributed by atoms with Gasteiger partial charge in [-0.25, -0.2) is 0 Å². The lowest BCUT2D eigenvalue weighted by Crippen LogP contribution is -2.19. The number of hydrogen-bond acceptors (Lipinski definition) is 1. The first kappa shape index (κ1) is 10.8. The van der Waals surface area contributed by atoms with E-state index in [0.717, 1.165) is 12.2 Å². The van der Waals surface area contributed by atoms with Crippen LogP contribution in [0.4, 0.5) is 0 Å². The number of ether oxygens (including phenoxy) is 1. The molecule has 0 aromatic rings. The zero-order valence-electron chi connectivity index (χ0n) is 8.40. The highest BCUT2D eigenvalue weighted by molar-refractivity contribution is 6.76. The molecule has 0 fully saturated rings. The van der Waals surface area contributed by atoms with Gasteiger partial charge in [-0.3, -0.25) is 0 Å². The molecule has 2 heteroatoms. The SMILES string of the molecule is C/C=C(\CC[Si](C)(C)C)OC. The van der Waals surface area contributed by atoms with Crippen molar-refractivity contribution in [3.05, 3.63) is 11.8 Å². The third kappa shape index (κ3) is 6.17. The van der Waals surface area contributed by atoms with Crippen LogP contribution in [0.3, 0.4) is 0 Å². The Bertz CT molecular complexity index is 133. The third-order valence-corrected chi connectivity index (χ3v) is 3.46. The quantitative estimate of drug-likeness (QED) is 0.467. The molecule has 0 aliphatic rings. The Labute approximate surface area is 71.5 Å². The van der Waals surface area contributed by atoms with E-state index in [0.29, 0.717) is 0 Å². The van der Waals surface area contributed by atoms with E-state index in [1.54, 1.807) is 7.11 Å².